The van der Waals surface area contributed by atoms with Crippen molar-refractivity contribution in [1.82, 2.24) is 0 Å². The molecule has 1 amide bonds. The second-order valence-corrected chi connectivity index (χ2v) is 11.3. The van der Waals surface area contributed by atoms with Crippen LogP contribution in [0.3, 0.4) is 0 Å². The maximum atomic E-state index is 13.8. The van der Waals surface area contributed by atoms with Crippen molar-refractivity contribution in [2.24, 2.45) is 0 Å². The van der Waals surface area contributed by atoms with Crippen LogP contribution in [0.5, 0.6) is 5.75 Å². The fourth-order valence-electron chi connectivity index (χ4n) is 4.45. The van der Waals surface area contributed by atoms with Gasteiger partial charge in [-0.05, 0) is 65.0 Å². The number of para-hydroxylation sites is 1. The molecule has 0 unspecified atom stereocenters. The van der Waals surface area contributed by atoms with Crippen LogP contribution in [0.25, 0.3) is 0 Å². The number of rotatable bonds is 8. The third-order valence-electron chi connectivity index (χ3n) is 6.10. The fraction of sp³-hybridized carbons (Fsp3) is 0.333. The van der Waals surface area contributed by atoms with Crippen LogP contribution < -0.4 is 14.5 Å². The molecule has 0 saturated carbocycles. The summed E-state index contributed by atoms with van der Waals surface area (Å²) in [6.45, 7) is 8.24. The number of esters is 3. The molecule has 3 aromatic rings. The number of thiophene rings is 1. The first-order valence-electron chi connectivity index (χ1n) is 13.7. The van der Waals surface area contributed by atoms with Gasteiger partial charge in [0.15, 0.2) is 5.69 Å². The van der Waals surface area contributed by atoms with Gasteiger partial charge < -0.3 is 23.8 Å². The van der Waals surface area contributed by atoms with Crippen LogP contribution in [0.1, 0.15) is 54.6 Å². The topological polar surface area (TPSA) is 155 Å². The number of hydrogen-bond donors (Lipinski definition) is 0. The highest BCUT2D eigenvalue weighted by atomic mass is 32.1. The molecule has 232 valence electrons. The summed E-state index contributed by atoms with van der Waals surface area (Å²) in [5.74, 6) is -4.39. The molecule has 0 atom stereocenters. The maximum Gasteiger partial charge on any atom is 0.397 e. The first-order valence-corrected chi connectivity index (χ1v) is 14.5. The lowest BCUT2D eigenvalue weighted by molar-refractivity contribution is -0.379. The van der Waals surface area contributed by atoms with E-state index in [9.17, 15) is 29.3 Å². The Bertz CT molecular complexity index is 1600. The van der Waals surface area contributed by atoms with Gasteiger partial charge in [0.05, 0.1) is 36.1 Å². The predicted octanol–water partition coefficient (Wildman–Crippen LogP) is 5.55. The van der Waals surface area contributed by atoms with Crippen LogP contribution >= 0.6 is 11.3 Å². The van der Waals surface area contributed by atoms with E-state index in [0.29, 0.717) is 40.8 Å². The summed E-state index contributed by atoms with van der Waals surface area (Å²) in [6, 6.07) is 13.8. The Morgan fingerprint density at radius 2 is 1.70 bits per heavy atom. The number of nitrogens with zero attached hydrogens (tertiary/aromatic N) is 3. The summed E-state index contributed by atoms with van der Waals surface area (Å²) in [6.07, 6.45) is 0. The second-order valence-electron chi connectivity index (χ2n) is 10.3. The van der Waals surface area contributed by atoms with Crippen molar-refractivity contribution in [1.29, 1.82) is 0 Å². The Morgan fingerprint density at radius 3 is 2.32 bits per heavy atom. The maximum absolute atomic E-state index is 13.8. The van der Waals surface area contributed by atoms with Crippen molar-refractivity contribution in [3.63, 3.8) is 0 Å². The van der Waals surface area contributed by atoms with E-state index in [1.54, 1.807) is 26.8 Å². The van der Waals surface area contributed by atoms with E-state index in [0.717, 1.165) is 5.69 Å². The van der Waals surface area contributed by atoms with Crippen LogP contribution in [-0.4, -0.2) is 60.7 Å². The number of fused-ring (bicyclic) bond motifs is 1. The molecule has 0 saturated heterocycles. The summed E-state index contributed by atoms with van der Waals surface area (Å²) in [5, 5.41) is 11.7. The highest BCUT2D eigenvalue weighted by molar-refractivity contribution is 7.18. The first-order chi connectivity index (χ1) is 20.9. The van der Waals surface area contributed by atoms with E-state index in [-0.39, 0.29) is 18.9 Å². The third kappa shape index (κ3) is 6.64. The van der Waals surface area contributed by atoms with Gasteiger partial charge in [-0.3, -0.25) is 19.8 Å². The van der Waals surface area contributed by atoms with Crippen LogP contribution in [0.4, 0.5) is 27.8 Å². The summed E-state index contributed by atoms with van der Waals surface area (Å²) < 4.78 is 21.4. The standard InChI is InChI=1S/C30H31N3O10S/c1-6-40-28(36)24-22(27(35)43-30(3,4)5)23(26(44-24)33(38)39)32(25(34)29(37)41-7-2)19-13-14-21-20(17-19)31(15-16-42-21)18-11-9-8-10-12-18/h8-14,17H,6-7,15-16H2,1-5H3. The molecule has 0 radical (unpaired) electrons. The van der Waals surface area contributed by atoms with E-state index in [4.69, 9.17) is 18.9 Å². The largest absolute Gasteiger partial charge is 0.490 e. The Morgan fingerprint density at radius 1 is 1.02 bits per heavy atom. The molecular formula is C30H31N3O10S. The van der Waals surface area contributed by atoms with Crippen molar-refractivity contribution in [2.45, 2.75) is 40.2 Å². The normalized spacial score (nSPS) is 12.4. The molecule has 1 aliphatic heterocycles. The minimum atomic E-state index is -1.34. The SMILES string of the molecule is CCOC(=O)C(=O)N(c1ccc2c(c1)N(c1ccccc1)CCO2)c1c([N+](=O)[O-])sc(C(=O)OCC)c1C(=O)OC(C)(C)C. The number of ether oxygens (including phenoxy) is 4. The molecule has 0 N–H and O–H groups in total. The molecule has 0 spiro atoms. The molecule has 0 aliphatic carbocycles. The number of carbonyl (C=O) groups excluding carboxylic acids is 4. The van der Waals surface area contributed by atoms with Gasteiger partial charge in [-0.25, -0.2) is 14.4 Å². The molecule has 0 bridgehead atoms. The monoisotopic (exact) mass is 625 g/mol. The molecule has 14 heteroatoms. The van der Waals surface area contributed by atoms with E-state index in [1.807, 2.05) is 35.2 Å². The van der Waals surface area contributed by atoms with Gasteiger partial charge in [0, 0.05) is 5.69 Å². The lowest BCUT2D eigenvalue weighted by Crippen LogP contribution is -2.36. The molecule has 2 aromatic carbocycles. The van der Waals surface area contributed by atoms with Gasteiger partial charge in [0.25, 0.3) is 0 Å². The van der Waals surface area contributed by atoms with Crippen molar-refractivity contribution < 1.29 is 43.0 Å². The summed E-state index contributed by atoms with van der Waals surface area (Å²) in [5.41, 5.74) is -1.05. The lowest BCUT2D eigenvalue weighted by Gasteiger charge is -2.32. The van der Waals surface area contributed by atoms with Crippen LogP contribution in [0.2, 0.25) is 0 Å². The van der Waals surface area contributed by atoms with Gasteiger partial charge in [-0.1, -0.05) is 29.5 Å². The smallest absolute Gasteiger partial charge is 0.397 e. The fourth-order valence-corrected chi connectivity index (χ4v) is 5.44. The van der Waals surface area contributed by atoms with Gasteiger partial charge >= 0.3 is 28.8 Å². The molecule has 13 nitrogen and oxygen atoms in total. The number of nitro groups is 1. The van der Waals surface area contributed by atoms with E-state index < -0.39 is 55.5 Å². The van der Waals surface area contributed by atoms with Crippen molar-refractivity contribution in [3.8, 4) is 5.75 Å². The van der Waals surface area contributed by atoms with Gasteiger partial charge in [0.2, 0.25) is 0 Å². The summed E-state index contributed by atoms with van der Waals surface area (Å²) in [7, 11) is 0. The molecule has 1 aliphatic rings. The van der Waals surface area contributed by atoms with E-state index >= 15 is 0 Å². The number of amides is 1. The minimum Gasteiger partial charge on any atom is -0.490 e. The highest BCUT2D eigenvalue weighted by Gasteiger charge is 2.43. The average molecular weight is 626 g/mol. The molecule has 1 aromatic heterocycles. The molecule has 2 heterocycles. The zero-order valence-electron chi connectivity index (χ0n) is 24.8. The highest BCUT2D eigenvalue weighted by Crippen LogP contribution is 2.48. The Balaban J connectivity index is 2.03. The van der Waals surface area contributed by atoms with Gasteiger partial charge in [-0.2, -0.15) is 0 Å². The Labute approximate surface area is 257 Å². The number of carbonyl (C=O) groups is 4. The van der Waals surface area contributed by atoms with Crippen LogP contribution in [0.15, 0.2) is 48.5 Å². The van der Waals surface area contributed by atoms with E-state index in [2.05, 4.69) is 0 Å². The number of hydrogen-bond acceptors (Lipinski definition) is 12. The predicted molar refractivity (Wildman–Crippen MR) is 161 cm³/mol. The van der Waals surface area contributed by atoms with Crippen molar-refractivity contribution in [3.05, 3.63) is 69.1 Å². The quantitative estimate of drug-likeness (QED) is 0.102. The second kappa shape index (κ2) is 13.1. The number of anilines is 4. The van der Waals surface area contributed by atoms with Gasteiger partial charge in [0.1, 0.15) is 28.4 Å². The third-order valence-corrected chi connectivity index (χ3v) is 7.21. The summed E-state index contributed by atoms with van der Waals surface area (Å²) >= 11 is 0.333. The zero-order valence-corrected chi connectivity index (χ0v) is 25.6. The van der Waals surface area contributed by atoms with Crippen LogP contribution in [0, 0.1) is 10.1 Å². The van der Waals surface area contributed by atoms with E-state index in [1.165, 1.54) is 26.0 Å². The molecule has 44 heavy (non-hydrogen) atoms. The Kier molecular flexibility index (Phi) is 9.53. The lowest BCUT2D eigenvalue weighted by atomic mass is 10.1. The number of benzene rings is 2. The molecular weight excluding hydrogens is 594 g/mol. The minimum absolute atomic E-state index is 0.0330. The molecule has 4 rings (SSSR count). The first kappa shape index (κ1) is 31.9. The molecule has 0 fully saturated rings. The van der Waals surface area contributed by atoms with Crippen LogP contribution in [-0.2, 0) is 23.8 Å². The zero-order chi connectivity index (χ0) is 32.2. The Hall–Kier alpha value is -4.98. The van der Waals surface area contributed by atoms with Crippen molar-refractivity contribution >= 4 is 62.9 Å². The van der Waals surface area contributed by atoms with Crippen molar-refractivity contribution in [2.75, 3.05) is 36.2 Å². The average Bonchev–Trinajstić information content (AvgIpc) is 3.38. The summed E-state index contributed by atoms with van der Waals surface area (Å²) in [4.78, 5) is 67.1. The van der Waals surface area contributed by atoms with Gasteiger partial charge in [-0.15, -0.1) is 0 Å².